The Balaban J connectivity index is 1.88. The molecule has 2 fully saturated rings. The van der Waals surface area contributed by atoms with E-state index in [1.165, 1.54) is 24.3 Å². The standard InChI is InChI=1S/C16H25NO5S/c1-12(22-15(18)10-13-6-4-3-5-7-13)16(19)17(2)14-8-9-23(20,21)11-14/h10,12,14H,3-9,11H2,1-2H3/t12-,14-/m1/s1. The molecule has 0 radical (unpaired) electrons. The number of allylic oxidation sites excluding steroid dienone is 1. The quantitative estimate of drug-likeness (QED) is 0.570. The minimum Gasteiger partial charge on any atom is -0.449 e. The van der Waals surface area contributed by atoms with E-state index in [4.69, 9.17) is 4.74 Å². The lowest BCUT2D eigenvalue weighted by atomic mass is 9.95. The molecular weight excluding hydrogens is 318 g/mol. The highest BCUT2D eigenvalue weighted by molar-refractivity contribution is 7.91. The minimum atomic E-state index is -3.05. The number of ether oxygens (including phenoxy) is 1. The summed E-state index contributed by atoms with van der Waals surface area (Å²) in [5, 5.41) is 0. The first-order valence-electron chi connectivity index (χ1n) is 8.15. The van der Waals surface area contributed by atoms with Gasteiger partial charge in [-0.1, -0.05) is 12.0 Å². The van der Waals surface area contributed by atoms with E-state index >= 15 is 0 Å². The summed E-state index contributed by atoms with van der Waals surface area (Å²) >= 11 is 0. The Labute approximate surface area is 137 Å². The van der Waals surface area contributed by atoms with Gasteiger partial charge >= 0.3 is 5.97 Å². The smallest absolute Gasteiger partial charge is 0.331 e. The molecule has 1 saturated heterocycles. The Kier molecular flexibility index (Phi) is 5.84. The average molecular weight is 343 g/mol. The number of sulfone groups is 1. The van der Waals surface area contributed by atoms with Gasteiger partial charge in [0.15, 0.2) is 15.9 Å². The van der Waals surface area contributed by atoms with Crippen molar-refractivity contribution in [2.75, 3.05) is 18.6 Å². The van der Waals surface area contributed by atoms with Crippen molar-refractivity contribution in [3.05, 3.63) is 11.6 Å². The van der Waals surface area contributed by atoms with E-state index in [2.05, 4.69) is 0 Å². The molecule has 2 atom stereocenters. The van der Waals surface area contributed by atoms with E-state index in [0.717, 1.165) is 31.3 Å². The number of nitrogens with zero attached hydrogens (tertiary/aromatic N) is 1. The van der Waals surface area contributed by atoms with Gasteiger partial charge in [0.2, 0.25) is 0 Å². The predicted molar refractivity (Wildman–Crippen MR) is 86.6 cm³/mol. The van der Waals surface area contributed by atoms with Gasteiger partial charge in [0.05, 0.1) is 11.5 Å². The summed E-state index contributed by atoms with van der Waals surface area (Å²) in [7, 11) is -1.49. The normalized spacial score (nSPS) is 24.8. The van der Waals surface area contributed by atoms with Gasteiger partial charge in [-0.2, -0.15) is 0 Å². The highest BCUT2D eigenvalue weighted by Crippen LogP contribution is 2.23. The number of amides is 1. The lowest BCUT2D eigenvalue weighted by Crippen LogP contribution is -2.44. The fourth-order valence-electron chi connectivity index (χ4n) is 3.12. The van der Waals surface area contributed by atoms with Gasteiger partial charge in [-0.25, -0.2) is 13.2 Å². The summed E-state index contributed by atoms with van der Waals surface area (Å²) in [5.74, 6) is -0.757. The van der Waals surface area contributed by atoms with Crippen LogP contribution in [0.3, 0.4) is 0 Å². The van der Waals surface area contributed by atoms with E-state index < -0.39 is 21.9 Å². The van der Waals surface area contributed by atoms with Crippen molar-refractivity contribution in [2.45, 2.75) is 57.6 Å². The predicted octanol–water partition coefficient (Wildman–Crippen LogP) is 1.45. The van der Waals surface area contributed by atoms with Gasteiger partial charge in [0, 0.05) is 19.2 Å². The molecule has 0 bridgehead atoms. The van der Waals surface area contributed by atoms with Crippen LogP contribution in [-0.4, -0.2) is 55.9 Å². The number of rotatable bonds is 4. The Hall–Kier alpha value is -1.37. The van der Waals surface area contributed by atoms with Gasteiger partial charge in [0.25, 0.3) is 5.91 Å². The van der Waals surface area contributed by atoms with Crippen LogP contribution in [0.4, 0.5) is 0 Å². The second-order valence-electron chi connectivity index (χ2n) is 6.45. The fraction of sp³-hybridized carbons (Fsp3) is 0.750. The van der Waals surface area contributed by atoms with Crippen molar-refractivity contribution in [1.29, 1.82) is 0 Å². The molecule has 1 amide bonds. The molecule has 1 aliphatic heterocycles. The monoisotopic (exact) mass is 343 g/mol. The Bertz CT molecular complexity index is 588. The number of carbonyl (C=O) groups excluding carboxylic acids is 2. The van der Waals surface area contributed by atoms with Crippen molar-refractivity contribution < 1.29 is 22.7 Å². The highest BCUT2D eigenvalue weighted by atomic mass is 32.2. The van der Waals surface area contributed by atoms with Crippen molar-refractivity contribution >= 4 is 21.7 Å². The topological polar surface area (TPSA) is 80.8 Å². The molecule has 1 saturated carbocycles. The molecule has 23 heavy (non-hydrogen) atoms. The van der Waals surface area contributed by atoms with E-state index in [1.807, 2.05) is 0 Å². The Morgan fingerprint density at radius 1 is 1.26 bits per heavy atom. The molecule has 0 aromatic heterocycles. The van der Waals surface area contributed by atoms with Crippen molar-refractivity contribution in [3.8, 4) is 0 Å². The van der Waals surface area contributed by atoms with E-state index in [-0.39, 0.29) is 23.5 Å². The molecule has 0 N–H and O–H groups in total. The molecule has 0 spiro atoms. The van der Waals surface area contributed by atoms with Crippen LogP contribution < -0.4 is 0 Å². The second-order valence-corrected chi connectivity index (χ2v) is 8.68. The van der Waals surface area contributed by atoms with Gasteiger partial charge in [-0.15, -0.1) is 0 Å². The molecule has 0 unspecified atom stereocenters. The molecule has 1 aliphatic carbocycles. The lowest BCUT2D eigenvalue weighted by molar-refractivity contribution is -0.155. The molecule has 6 nitrogen and oxygen atoms in total. The van der Waals surface area contributed by atoms with Crippen LogP contribution in [0.5, 0.6) is 0 Å². The van der Waals surface area contributed by atoms with Crippen molar-refractivity contribution in [2.24, 2.45) is 0 Å². The molecule has 2 rings (SSSR count). The molecule has 2 aliphatic rings. The SMILES string of the molecule is C[C@@H](OC(=O)C=C1CCCCC1)C(=O)N(C)[C@@H]1CCS(=O)(=O)C1. The summed E-state index contributed by atoms with van der Waals surface area (Å²) in [6.45, 7) is 1.53. The largest absolute Gasteiger partial charge is 0.449 e. The van der Waals surface area contributed by atoms with Crippen LogP contribution in [-0.2, 0) is 24.2 Å². The molecule has 0 aromatic rings. The number of carbonyl (C=O) groups is 2. The first-order chi connectivity index (χ1) is 10.8. The van der Waals surface area contributed by atoms with Gasteiger partial charge < -0.3 is 9.64 Å². The Morgan fingerprint density at radius 2 is 1.91 bits per heavy atom. The first-order valence-corrected chi connectivity index (χ1v) is 9.98. The van der Waals surface area contributed by atoms with Crippen LogP contribution in [0.2, 0.25) is 0 Å². The number of hydrogen-bond acceptors (Lipinski definition) is 5. The highest BCUT2D eigenvalue weighted by Gasteiger charge is 2.34. The molecule has 7 heteroatoms. The maximum absolute atomic E-state index is 12.3. The number of likely N-dealkylation sites (N-methyl/N-ethyl adjacent to an activating group) is 1. The minimum absolute atomic E-state index is 0.0139. The van der Waals surface area contributed by atoms with Gasteiger partial charge in [0.1, 0.15) is 0 Å². The summed E-state index contributed by atoms with van der Waals surface area (Å²) in [6.07, 6.45) is 6.23. The summed E-state index contributed by atoms with van der Waals surface area (Å²) < 4.78 is 28.2. The molecule has 130 valence electrons. The lowest BCUT2D eigenvalue weighted by Gasteiger charge is -2.26. The third-order valence-corrected chi connectivity index (χ3v) is 6.31. The third kappa shape index (κ3) is 5.06. The van der Waals surface area contributed by atoms with Crippen LogP contribution >= 0.6 is 0 Å². The zero-order valence-corrected chi connectivity index (χ0v) is 14.6. The van der Waals surface area contributed by atoms with E-state index in [9.17, 15) is 18.0 Å². The maximum atomic E-state index is 12.3. The first kappa shape index (κ1) is 18.0. The molecule has 1 heterocycles. The summed E-state index contributed by atoms with van der Waals surface area (Å²) in [6, 6.07) is -0.328. The van der Waals surface area contributed by atoms with E-state index in [1.54, 1.807) is 7.05 Å². The van der Waals surface area contributed by atoms with Crippen LogP contribution in [0.15, 0.2) is 11.6 Å². The molecule has 0 aromatic carbocycles. The average Bonchev–Trinajstić information content (AvgIpc) is 2.86. The van der Waals surface area contributed by atoms with Gasteiger partial charge in [-0.05, 0) is 39.0 Å². The van der Waals surface area contributed by atoms with Crippen LogP contribution in [0.1, 0.15) is 45.4 Å². The maximum Gasteiger partial charge on any atom is 0.331 e. The van der Waals surface area contributed by atoms with Crippen LogP contribution in [0.25, 0.3) is 0 Å². The Morgan fingerprint density at radius 3 is 2.48 bits per heavy atom. The summed E-state index contributed by atoms with van der Waals surface area (Å²) in [5.41, 5.74) is 1.08. The van der Waals surface area contributed by atoms with Crippen LogP contribution in [0, 0.1) is 0 Å². The second kappa shape index (κ2) is 7.47. The van der Waals surface area contributed by atoms with Crippen molar-refractivity contribution in [3.63, 3.8) is 0 Å². The molecular formula is C16H25NO5S. The summed E-state index contributed by atoms with van der Waals surface area (Å²) in [4.78, 5) is 25.6. The fourth-order valence-corrected chi connectivity index (χ4v) is 4.90. The zero-order chi connectivity index (χ0) is 17.0. The van der Waals surface area contributed by atoms with E-state index in [0.29, 0.717) is 6.42 Å². The third-order valence-electron chi connectivity index (χ3n) is 4.56. The number of hydrogen-bond donors (Lipinski definition) is 0. The van der Waals surface area contributed by atoms with Gasteiger partial charge in [-0.3, -0.25) is 4.79 Å². The zero-order valence-electron chi connectivity index (χ0n) is 13.8. The number of esters is 1. The van der Waals surface area contributed by atoms with Crippen molar-refractivity contribution in [1.82, 2.24) is 4.90 Å².